The summed E-state index contributed by atoms with van der Waals surface area (Å²) in [6.45, 7) is 6.10. The second kappa shape index (κ2) is 6.89. The number of nitrogens with one attached hydrogen (secondary N) is 2. The number of fused-ring (bicyclic) bond motifs is 1. The fraction of sp³-hybridized carbons (Fsp3) is 0.381. The molecule has 2 N–H and O–H groups in total. The van der Waals surface area contributed by atoms with Gasteiger partial charge in [0, 0.05) is 12.1 Å². The van der Waals surface area contributed by atoms with E-state index < -0.39 is 0 Å². The van der Waals surface area contributed by atoms with Gasteiger partial charge in [-0.05, 0) is 63.3 Å². The number of nitrogens with zero attached hydrogens (tertiary/aromatic N) is 2. The molecule has 1 aromatic carbocycles. The lowest BCUT2D eigenvalue weighted by Gasteiger charge is -2.13. The monoisotopic (exact) mass is 382 g/mol. The number of rotatable bonds is 6. The maximum Gasteiger partial charge on any atom is 0.255 e. The van der Waals surface area contributed by atoms with E-state index in [1.807, 2.05) is 13.0 Å². The third-order valence-corrected chi connectivity index (χ3v) is 5.11. The van der Waals surface area contributed by atoms with Gasteiger partial charge in [-0.15, -0.1) is 0 Å². The Bertz CT molecular complexity index is 1040. The number of halogens is 1. The lowest BCUT2D eigenvalue weighted by atomic mass is 10.1. The van der Waals surface area contributed by atoms with E-state index in [0.29, 0.717) is 41.2 Å². The fourth-order valence-corrected chi connectivity index (χ4v) is 3.38. The van der Waals surface area contributed by atoms with E-state index in [0.717, 1.165) is 24.0 Å². The van der Waals surface area contributed by atoms with Crippen LogP contribution in [-0.4, -0.2) is 28.0 Å². The third kappa shape index (κ3) is 3.69. The summed E-state index contributed by atoms with van der Waals surface area (Å²) in [5.41, 5.74) is 2.55. The molecule has 0 bridgehead atoms. The molecule has 3 aromatic rings. The van der Waals surface area contributed by atoms with Gasteiger partial charge in [0.15, 0.2) is 0 Å². The Morgan fingerprint density at radius 2 is 2.04 bits per heavy atom. The SMILES string of the molecule is Cc1cc(F)cc(CCNC(=O)c2c(C)oc3ncnc(NC4(C)CC4)c23)c1. The van der Waals surface area contributed by atoms with E-state index in [2.05, 4.69) is 27.5 Å². The van der Waals surface area contributed by atoms with Gasteiger partial charge in [-0.3, -0.25) is 4.79 Å². The second-order valence-electron chi connectivity index (χ2n) is 7.76. The molecule has 0 unspecified atom stereocenters. The van der Waals surface area contributed by atoms with Crippen LogP contribution in [0.3, 0.4) is 0 Å². The van der Waals surface area contributed by atoms with Gasteiger partial charge >= 0.3 is 0 Å². The highest BCUT2D eigenvalue weighted by Gasteiger charge is 2.38. The smallest absolute Gasteiger partial charge is 0.255 e. The zero-order valence-electron chi connectivity index (χ0n) is 16.2. The number of aryl methyl sites for hydroxylation is 2. The summed E-state index contributed by atoms with van der Waals surface area (Å²) in [5.74, 6) is 0.606. The van der Waals surface area contributed by atoms with Gasteiger partial charge in [0.05, 0.1) is 10.9 Å². The maximum absolute atomic E-state index is 13.5. The number of hydrogen-bond acceptors (Lipinski definition) is 5. The normalized spacial score (nSPS) is 14.9. The van der Waals surface area contributed by atoms with E-state index in [1.165, 1.54) is 18.5 Å². The fourth-order valence-electron chi connectivity index (χ4n) is 3.38. The lowest BCUT2D eigenvalue weighted by molar-refractivity contribution is 0.0954. The lowest BCUT2D eigenvalue weighted by Crippen LogP contribution is -2.26. The molecule has 28 heavy (non-hydrogen) atoms. The number of anilines is 1. The van der Waals surface area contributed by atoms with E-state index in [1.54, 1.807) is 6.92 Å². The summed E-state index contributed by atoms with van der Waals surface area (Å²) in [6, 6.07) is 4.89. The predicted octanol–water partition coefficient (Wildman–Crippen LogP) is 3.92. The first-order valence-corrected chi connectivity index (χ1v) is 9.41. The average Bonchev–Trinajstić information content (AvgIpc) is 3.22. The van der Waals surface area contributed by atoms with Crippen molar-refractivity contribution in [3.8, 4) is 0 Å². The zero-order chi connectivity index (χ0) is 19.9. The van der Waals surface area contributed by atoms with Gasteiger partial charge < -0.3 is 15.1 Å². The van der Waals surface area contributed by atoms with Crippen LogP contribution in [0.15, 0.2) is 28.9 Å². The molecule has 1 aliphatic carbocycles. The van der Waals surface area contributed by atoms with Crippen molar-refractivity contribution in [3.63, 3.8) is 0 Å². The van der Waals surface area contributed by atoms with Crippen molar-refractivity contribution in [1.29, 1.82) is 0 Å². The molecule has 0 aliphatic heterocycles. The van der Waals surface area contributed by atoms with Crippen LogP contribution in [0.5, 0.6) is 0 Å². The summed E-state index contributed by atoms with van der Waals surface area (Å²) in [4.78, 5) is 21.4. The van der Waals surface area contributed by atoms with Crippen molar-refractivity contribution in [2.45, 2.75) is 45.6 Å². The van der Waals surface area contributed by atoms with Gasteiger partial charge in [0.1, 0.15) is 23.7 Å². The third-order valence-electron chi connectivity index (χ3n) is 5.11. The zero-order valence-corrected chi connectivity index (χ0v) is 16.2. The van der Waals surface area contributed by atoms with E-state index in [-0.39, 0.29) is 17.3 Å². The van der Waals surface area contributed by atoms with Crippen LogP contribution in [0.4, 0.5) is 10.2 Å². The molecule has 7 heteroatoms. The van der Waals surface area contributed by atoms with Crippen LogP contribution >= 0.6 is 0 Å². The second-order valence-corrected chi connectivity index (χ2v) is 7.76. The largest absolute Gasteiger partial charge is 0.442 e. The van der Waals surface area contributed by atoms with Crippen molar-refractivity contribution in [1.82, 2.24) is 15.3 Å². The van der Waals surface area contributed by atoms with Crippen molar-refractivity contribution in [2.24, 2.45) is 0 Å². The van der Waals surface area contributed by atoms with E-state index >= 15 is 0 Å². The van der Waals surface area contributed by atoms with Crippen LogP contribution in [0.25, 0.3) is 11.1 Å². The highest BCUT2D eigenvalue weighted by molar-refractivity contribution is 6.10. The number of furan rings is 1. The molecule has 1 saturated carbocycles. The van der Waals surface area contributed by atoms with Gasteiger partial charge in [-0.1, -0.05) is 6.07 Å². The summed E-state index contributed by atoms with van der Waals surface area (Å²) in [5, 5.41) is 6.92. The Kier molecular flexibility index (Phi) is 4.53. The van der Waals surface area contributed by atoms with Crippen LogP contribution in [-0.2, 0) is 6.42 Å². The van der Waals surface area contributed by atoms with Crippen LogP contribution in [0, 0.1) is 19.7 Å². The van der Waals surface area contributed by atoms with Crippen molar-refractivity contribution >= 4 is 22.8 Å². The Morgan fingerprint density at radius 3 is 2.75 bits per heavy atom. The minimum absolute atomic E-state index is 0.00937. The number of amides is 1. The summed E-state index contributed by atoms with van der Waals surface area (Å²) in [7, 11) is 0. The van der Waals surface area contributed by atoms with Crippen LogP contribution in [0.2, 0.25) is 0 Å². The minimum Gasteiger partial charge on any atom is -0.442 e. The quantitative estimate of drug-likeness (QED) is 0.676. The summed E-state index contributed by atoms with van der Waals surface area (Å²) in [6.07, 6.45) is 4.10. The maximum atomic E-state index is 13.5. The molecule has 2 aromatic heterocycles. The number of hydrogen-bond donors (Lipinski definition) is 2. The van der Waals surface area contributed by atoms with Crippen molar-refractivity contribution in [3.05, 3.63) is 52.8 Å². The molecule has 4 rings (SSSR count). The molecular weight excluding hydrogens is 359 g/mol. The molecule has 0 radical (unpaired) electrons. The number of carbonyl (C=O) groups is 1. The first kappa shape index (κ1) is 18.4. The van der Waals surface area contributed by atoms with Gasteiger partial charge in [0.2, 0.25) is 5.71 Å². The Morgan fingerprint density at radius 1 is 1.25 bits per heavy atom. The Hall–Kier alpha value is -2.96. The first-order valence-electron chi connectivity index (χ1n) is 9.41. The van der Waals surface area contributed by atoms with Gasteiger partial charge in [-0.2, -0.15) is 0 Å². The minimum atomic E-state index is -0.264. The standard InChI is InChI=1S/C21H23FN4O2/c1-12-8-14(10-15(22)9-12)4-7-23-19(27)16-13(2)28-20-17(16)18(24-11-25-20)26-21(3)5-6-21/h8-11H,4-7H2,1-3H3,(H,23,27)(H,24,25,26). The van der Waals surface area contributed by atoms with E-state index in [9.17, 15) is 9.18 Å². The average molecular weight is 382 g/mol. The first-order chi connectivity index (χ1) is 13.3. The number of carbonyl (C=O) groups excluding carboxylic acids is 1. The molecule has 1 amide bonds. The molecule has 0 atom stereocenters. The van der Waals surface area contributed by atoms with Crippen LogP contribution < -0.4 is 10.6 Å². The van der Waals surface area contributed by atoms with Crippen LogP contribution in [0.1, 0.15) is 47.0 Å². The topological polar surface area (TPSA) is 80.1 Å². The summed E-state index contributed by atoms with van der Waals surface area (Å²) < 4.78 is 19.2. The molecule has 1 aliphatic rings. The van der Waals surface area contributed by atoms with Gasteiger partial charge in [0.25, 0.3) is 5.91 Å². The van der Waals surface area contributed by atoms with E-state index in [4.69, 9.17) is 4.42 Å². The Balaban J connectivity index is 1.54. The molecule has 1 fully saturated rings. The Labute approximate surface area is 162 Å². The number of benzene rings is 1. The predicted molar refractivity (Wildman–Crippen MR) is 105 cm³/mol. The van der Waals surface area contributed by atoms with Crippen molar-refractivity contribution < 1.29 is 13.6 Å². The molecule has 0 spiro atoms. The molecule has 6 nitrogen and oxygen atoms in total. The molecule has 2 heterocycles. The highest BCUT2D eigenvalue weighted by Crippen LogP contribution is 2.40. The van der Waals surface area contributed by atoms with Gasteiger partial charge in [-0.25, -0.2) is 14.4 Å². The molecule has 146 valence electrons. The summed E-state index contributed by atoms with van der Waals surface area (Å²) >= 11 is 0. The number of aromatic nitrogens is 2. The molecule has 0 saturated heterocycles. The highest BCUT2D eigenvalue weighted by atomic mass is 19.1. The molecular formula is C21H23FN4O2. The van der Waals surface area contributed by atoms with Crippen molar-refractivity contribution in [2.75, 3.05) is 11.9 Å².